The Morgan fingerprint density at radius 3 is 2.56 bits per heavy atom. The molecule has 0 bridgehead atoms. The molecule has 0 heterocycles. The zero-order valence-electron chi connectivity index (χ0n) is 9.92. The minimum Gasteiger partial charge on any atom is -0.493 e. The van der Waals surface area contributed by atoms with Crippen molar-refractivity contribution in [3.05, 3.63) is 21.9 Å². The number of isocyanates is 1. The summed E-state index contributed by atoms with van der Waals surface area (Å²) in [5, 5.41) is 0. The van der Waals surface area contributed by atoms with Crippen LogP contribution in [0.25, 0.3) is 0 Å². The lowest BCUT2D eigenvalue weighted by Crippen LogP contribution is -2.10. The fourth-order valence-corrected chi connectivity index (χ4v) is 2.39. The molecular formula is C12H11BrFNO3. The van der Waals surface area contributed by atoms with Gasteiger partial charge in [0, 0.05) is 6.07 Å². The van der Waals surface area contributed by atoms with Gasteiger partial charge in [0.2, 0.25) is 6.08 Å². The van der Waals surface area contributed by atoms with E-state index < -0.39 is 11.4 Å². The van der Waals surface area contributed by atoms with Crippen LogP contribution in [0.2, 0.25) is 0 Å². The van der Waals surface area contributed by atoms with E-state index in [1.165, 1.54) is 26.4 Å². The number of nitrogens with zero attached hydrogens (tertiary/aromatic N) is 1. The average Bonchev–Trinajstić information content (AvgIpc) is 3.12. The quantitative estimate of drug-likeness (QED) is 0.634. The molecule has 0 aromatic heterocycles. The topological polar surface area (TPSA) is 47.9 Å². The first-order valence-corrected chi connectivity index (χ1v) is 6.08. The van der Waals surface area contributed by atoms with Crippen molar-refractivity contribution in [2.75, 3.05) is 14.2 Å². The summed E-state index contributed by atoms with van der Waals surface area (Å²) in [7, 11) is 2.89. The summed E-state index contributed by atoms with van der Waals surface area (Å²) in [4.78, 5) is 14.2. The molecule has 1 fully saturated rings. The molecule has 1 aliphatic rings. The van der Waals surface area contributed by atoms with E-state index in [1.807, 2.05) is 0 Å². The van der Waals surface area contributed by atoms with Gasteiger partial charge in [-0.1, -0.05) is 0 Å². The summed E-state index contributed by atoms with van der Waals surface area (Å²) in [5.74, 6) is 0.187. The molecule has 0 amide bonds. The second-order valence-corrected chi connectivity index (χ2v) is 4.87. The monoisotopic (exact) mass is 315 g/mol. The van der Waals surface area contributed by atoms with Gasteiger partial charge >= 0.3 is 0 Å². The van der Waals surface area contributed by atoms with Gasteiger partial charge in [0.15, 0.2) is 11.5 Å². The normalized spacial score (nSPS) is 15.8. The number of aliphatic imine (C=N–C) groups is 1. The Labute approximate surface area is 112 Å². The Morgan fingerprint density at radius 2 is 2.11 bits per heavy atom. The van der Waals surface area contributed by atoms with Gasteiger partial charge in [0.1, 0.15) is 11.4 Å². The molecule has 4 nitrogen and oxygen atoms in total. The van der Waals surface area contributed by atoms with E-state index in [0.717, 1.165) is 0 Å². The molecule has 1 aromatic carbocycles. The largest absolute Gasteiger partial charge is 0.493 e. The number of ether oxygens (including phenoxy) is 2. The molecule has 0 saturated heterocycles. The van der Waals surface area contributed by atoms with E-state index in [0.29, 0.717) is 18.6 Å². The third kappa shape index (κ3) is 1.91. The highest BCUT2D eigenvalue weighted by molar-refractivity contribution is 9.10. The maximum absolute atomic E-state index is 14.3. The van der Waals surface area contributed by atoms with Gasteiger partial charge in [0.05, 0.1) is 24.3 Å². The second-order valence-electron chi connectivity index (χ2n) is 4.02. The second kappa shape index (κ2) is 4.71. The fourth-order valence-electron chi connectivity index (χ4n) is 1.98. The van der Waals surface area contributed by atoms with E-state index in [-0.39, 0.29) is 15.8 Å². The van der Waals surface area contributed by atoms with Gasteiger partial charge < -0.3 is 9.47 Å². The van der Waals surface area contributed by atoms with Crippen molar-refractivity contribution in [2.45, 2.75) is 18.4 Å². The average molecular weight is 316 g/mol. The number of methoxy groups -OCH3 is 2. The smallest absolute Gasteiger partial charge is 0.235 e. The number of halogens is 2. The lowest BCUT2D eigenvalue weighted by molar-refractivity contribution is 0.343. The summed E-state index contributed by atoms with van der Waals surface area (Å²) >= 11 is 3.12. The van der Waals surface area contributed by atoms with E-state index in [9.17, 15) is 9.18 Å². The summed E-state index contributed by atoms with van der Waals surface area (Å²) in [6.07, 6.45) is 2.69. The third-order valence-electron chi connectivity index (χ3n) is 3.01. The molecule has 0 N–H and O–H groups in total. The predicted molar refractivity (Wildman–Crippen MR) is 66.2 cm³/mol. The van der Waals surface area contributed by atoms with Crippen molar-refractivity contribution in [3.8, 4) is 11.5 Å². The molecular weight excluding hydrogens is 305 g/mol. The van der Waals surface area contributed by atoms with E-state index in [2.05, 4.69) is 20.9 Å². The van der Waals surface area contributed by atoms with Gasteiger partial charge in [-0.25, -0.2) is 9.18 Å². The summed E-state index contributed by atoms with van der Waals surface area (Å²) < 4.78 is 24.9. The fraction of sp³-hybridized carbons (Fsp3) is 0.417. The molecule has 0 atom stereocenters. The molecule has 6 heteroatoms. The SMILES string of the molecule is COc1cc(Br)c(F)c(C2(N=C=O)CC2)c1OC. The first-order valence-electron chi connectivity index (χ1n) is 5.29. The maximum atomic E-state index is 14.3. The summed E-state index contributed by atoms with van der Waals surface area (Å²) in [5.41, 5.74) is -0.603. The minimum atomic E-state index is -0.853. The van der Waals surface area contributed by atoms with Crippen LogP contribution in [-0.2, 0) is 10.3 Å². The van der Waals surface area contributed by atoms with Crippen molar-refractivity contribution < 1.29 is 18.7 Å². The Kier molecular flexibility index (Phi) is 3.41. The zero-order valence-corrected chi connectivity index (χ0v) is 11.5. The third-order valence-corrected chi connectivity index (χ3v) is 3.59. The van der Waals surface area contributed by atoms with Crippen LogP contribution >= 0.6 is 15.9 Å². The number of benzene rings is 1. The van der Waals surface area contributed by atoms with Crippen LogP contribution in [0.3, 0.4) is 0 Å². The molecule has 18 heavy (non-hydrogen) atoms. The molecule has 1 saturated carbocycles. The molecule has 1 aromatic rings. The molecule has 1 aliphatic carbocycles. The standard InChI is InChI=1S/C12H11BrFNO3/c1-17-8-5-7(13)10(14)9(11(8)18-2)12(3-4-12)15-6-16/h5H,3-4H2,1-2H3. The molecule has 0 unspecified atom stereocenters. The van der Waals surface area contributed by atoms with Crippen LogP contribution in [0, 0.1) is 5.82 Å². The number of rotatable bonds is 4. The van der Waals surface area contributed by atoms with Crippen molar-refractivity contribution in [1.29, 1.82) is 0 Å². The van der Waals surface area contributed by atoms with Crippen LogP contribution in [-0.4, -0.2) is 20.3 Å². The molecule has 0 aliphatic heterocycles. The van der Waals surface area contributed by atoms with Crippen molar-refractivity contribution in [2.24, 2.45) is 4.99 Å². The minimum absolute atomic E-state index is 0.250. The van der Waals surface area contributed by atoms with Crippen molar-refractivity contribution in [1.82, 2.24) is 0 Å². The first kappa shape index (κ1) is 13.1. The van der Waals surface area contributed by atoms with Crippen LogP contribution in [0.4, 0.5) is 4.39 Å². The highest BCUT2D eigenvalue weighted by Gasteiger charge is 2.50. The lowest BCUT2D eigenvalue weighted by Gasteiger charge is -2.18. The Bertz CT molecular complexity index is 537. The van der Waals surface area contributed by atoms with Gasteiger partial charge in [0.25, 0.3) is 0 Å². The van der Waals surface area contributed by atoms with E-state index >= 15 is 0 Å². The van der Waals surface area contributed by atoms with Crippen LogP contribution in [0.5, 0.6) is 11.5 Å². The molecule has 0 spiro atoms. The van der Waals surface area contributed by atoms with E-state index in [4.69, 9.17) is 9.47 Å². The van der Waals surface area contributed by atoms with E-state index in [1.54, 1.807) is 0 Å². The number of carbonyl (C=O) groups excluding carboxylic acids is 1. The summed E-state index contributed by atoms with van der Waals surface area (Å²) in [6, 6.07) is 1.48. The summed E-state index contributed by atoms with van der Waals surface area (Å²) in [6.45, 7) is 0. The van der Waals surface area contributed by atoms with Gasteiger partial charge in [-0.3, -0.25) is 0 Å². The van der Waals surface area contributed by atoms with Gasteiger partial charge in [-0.2, -0.15) is 4.99 Å². The predicted octanol–water partition coefficient (Wildman–Crippen LogP) is 2.93. The highest BCUT2D eigenvalue weighted by atomic mass is 79.9. The maximum Gasteiger partial charge on any atom is 0.235 e. The zero-order chi connectivity index (χ0) is 13.3. The Morgan fingerprint density at radius 1 is 1.44 bits per heavy atom. The Balaban J connectivity index is 2.71. The highest BCUT2D eigenvalue weighted by Crippen LogP contribution is 2.56. The van der Waals surface area contributed by atoms with Gasteiger partial charge in [-0.15, -0.1) is 0 Å². The van der Waals surface area contributed by atoms with Gasteiger partial charge in [-0.05, 0) is 28.8 Å². The van der Waals surface area contributed by atoms with Crippen LogP contribution in [0.15, 0.2) is 15.5 Å². The van der Waals surface area contributed by atoms with Crippen LogP contribution < -0.4 is 9.47 Å². The van der Waals surface area contributed by atoms with Crippen molar-refractivity contribution >= 4 is 22.0 Å². The number of hydrogen-bond acceptors (Lipinski definition) is 4. The van der Waals surface area contributed by atoms with Crippen molar-refractivity contribution in [3.63, 3.8) is 0 Å². The first-order chi connectivity index (χ1) is 8.59. The Hall–Kier alpha value is -1.39. The molecule has 96 valence electrons. The van der Waals surface area contributed by atoms with Crippen LogP contribution in [0.1, 0.15) is 18.4 Å². The molecule has 2 rings (SSSR count). The lowest BCUT2D eigenvalue weighted by atomic mass is 10.0. The molecule has 0 radical (unpaired) electrons. The number of hydrogen-bond donors (Lipinski definition) is 0.